The monoisotopic (exact) mass is 317 g/mol. The first kappa shape index (κ1) is 14.1. The predicted octanol–water partition coefficient (Wildman–Crippen LogP) is 3.65. The van der Waals surface area contributed by atoms with Crippen LogP contribution >= 0.6 is 0 Å². The van der Waals surface area contributed by atoms with Crippen LogP contribution in [0.2, 0.25) is 0 Å². The van der Waals surface area contributed by atoms with E-state index in [9.17, 15) is 9.90 Å². The van der Waals surface area contributed by atoms with Gasteiger partial charge < -0.3 is 9.63 Å². The van der Waals surface area contributed by atoms with Crippen molar-refractivity contribution in [1.29, 1.82) is 0 Å². The minimum absolute atomic E-state index is 0.0963. The fraction of sp³-hybridized carbons (Fsp3) is 0. The molecule has 3 aromatic heterocycles. The number of fused-ring (bicyclic) bond motifs is 1. The molecule has 0 spiro atoms. The van der Waals surface area contributed by atoms with Gasteiger partial charge in [-0.3, -0.25) is 4.98 Å². The Hall–Kier alpha value is -3.54. The summed E-state index contributed by atoms with van der Waals surface area (Å²) in [7, 11) is 0. The second-order valence-electron chi connectivity index (χ2n) is 5.18. The Bertz CT molecular complexity index is 1030. The molecule has 0 aliphatic heterocycles. The van der Waals surface area contributed by atoms with Crippen LogP contribution < -0.4 is 0 Å². The summed E-state index contributed by atoms with van der Waals surface area (Å²) in [4.78, 5) is 20.2. The van der Waals surface area contributed by atoms with Crippen molar-refractivity contribution in [2.45, 2.75) is 0 Å². The Labute approximate surface area is 136 Å². The van der Waals surface area contributed by atoms with Crippen molar-refractivity contribution in [1.82, 2.24) is 15.1 Å². The molecule has 0 bridgehead atoms. The molecule has 0 saturated heterocycles. The number of pyridine rings is 2. The van der Waals surface area contributed by atoms with Crippen LogP contribution in [0.25, 0.3) is 33.6 Å². The van der Waals surface area contributed by atoms with Crippen LogP contribution in [0.3, 0.4) is 0 Å². The van der Waals surface area contributed by atoms with E-state index in [-0.39, 0.29) is 11.3 Å². The average Bonchev–Trinajstić information content (AvgIpc) is 3.06. The molecular formula is C18H11N3O3. The van der Waals surface area contributed by atoms with Crippen LogP contribution in [-0.4, -0.2) is 26.2 Å². The van der Waals surface area contributed by atoms with E-state index < -0.39 is 5.97 Å². The second kappa shape index (κ2) is 5.58. The highest BCUT2D eigenvalue weighted by atomic mass is 16.5. The second-order valence-corrected chi connectivity index (χ2v) is 5.18. The SMILES string of the molecule is O=C(O)c1cc(-c2cccnc2)nc2onc(-c3ccccc3)c12. The molecule has 0 amide bonds. The van der Waals surface area contributed by atoms with E-state index in [4.69, 9.17) is 4.52 Å². The summed E-state index contributed by atoms with van der Waals surface area (Å²) >= 11 is 0. The standard InChI is InChI=1S/C18H11N3O3/c22-18(23)13-9-14(12-7-4-8-19-10-12)20-17-15(13)16(21-24-17)11-5-2-1-3-6-11/h1-10H,(H,22,23). The fourth-order valence-electron chi connectivity index (χ4n) is 2.57. The van der Waals surface area contributed by atoms with Gasteiger partial charge in [-0.05, 0) is 18.2 Å². The van der Waals surface area contributed by atoms with E-state index >= 15 is 0 Å². The van der Waals surface area contributed by atoms with Crippen molar-refractivity contribution in [3.63, 3.8) is 0 Å². The third-order valence-corrected chi connectivity index (χ3v) is 3.68. The van der Waals surface area contributed by atoms with Gasteiger partial charge in [-0.1, -0.05) is 35.5 Å². The first-order valence-electron chi connectivity index (χ1n) is 7.23. The van der Waals surface area contributed by atoms with Gasteiger partial charge in [0.15, 0.2) is 0 Å². The van der Waals surface area contributed by atoms with E-state index in [0.29, 0.717) is 22.3 Å². The van der Waals surface area contributed by atoms with Crippen molar-refractivity contribution in [3.05, 3.63) is 66.5 Å². The van der Waals surface area contributed by atoms with Gasteiger partial charge in [0.25, 0.3) is 5.71 Å². The van der Waals surface area contributed by atoms with Gasteiger partial charge in [-0.2, -0.15) is 0 Å². The minimum atomic E-state index is -1.06. The molecule has 6 nitrogen and oxygen atoms in total. The number of carboxylic acid groups (broad SMARTS) is 1. The molecule has 1 N–H and O–H groups in total. The summed E-state index contributed by atoms with van der Waals surface area (Å²) in [6, 6.07) is 14.4. The summed E-state index contributed by atoms with van der Waals surface area (Å²) in [6.07, 6.45) is 3.26. The normalized spacial score (nSPS) is 10.8. The molecule has 116 valence electrons. The summed E-state index contributed by atoms with van der Waals surface area (Å²) in [6.45, 7) is 0. The Morgan fingerprint density at radius 1 is 1.04 bits per heavy atom. The van der Waals surface area contributed by atoms with Crippen LogP contribution in [0, 0.1) is 0 Å². The molecular weight excluding hydrogens is 306 g/mol. The number of aromatic nitrogens is 3. The van der Waals surface area contributed by atoms with Crippen molar-refractivity contribution in [3.8, 4) is 22.5 Å². The molecule has 0 aliphatic rings. The zero-order chi connectivity index (χ0) is 16.5. The molecule has 0 aliphatic carbocycles. The van der Waals surface area contributed by atoms with Crippen molar-refractivity contribution in [2.75, 3.05) is 0 Å². The molecule has 3 heterocycles. The fourth-order valence-corrected chi connectivity index (χ4v) is 2.57. The molecule has 0 radical (unpaired) electrons. The lowest BCUT2D eigenvalue weighted by Gasteiger charge is -2.04. The van der Waals surface area contributed by atoms with Gasteiger partial charge >= 0.3 is 5.97 Å². The maximum Gasteiger partial charge on any atom is 0.336 e. The first-order chi connectivity index (χ1) is 11.7. The summed E-state index contributed by atoms with van der Waals surface area (Å²) < 4.78 is 5.31. The summed E-state index contributed by atoms with van der Waals surface area (Å²) in [5, 5.41) is 14.0. The highest BCUT2D eigenvalue weighted by Gasteiger charge is 2.21. The van der Waals surface area contributed by atoms with E-state index in [2.05, 4.69) is 15.1 Å². The van der Waals surface area contributed by atoms with E-state index in [0.717, 1.165) is 5.56 Å². The third kappa shape index (κ3) is 2.30. The molecule has 0 fully saturated rings. The Morgan fingerprint density at radius 2 is 1.83 bits per heavy atom. The van der Waals surface area contributed by atoms with Crippen molar-refractivity contribution in [2.24, 2.45) is 0 Å². The minimum Gasteiger partial charge on any atom is -0.478 e. The molecule has 4 aromatic rings. The summed E-state index contributed by atoms with van der Waals surface area (Å²) in [5.74, 6) is -1.06. The van der Waals surface area contributed by atoms with Gasteiger partial charge in [-0.25, -0.2) is 9.78 Å². The molecule has 1 aromatic carbocycles. The Morgan fingerprint density at radius 3 is 2.54 bits per heavy atom. The molecule has 6 heteroatoms. The van der Waals surface area contributed by atoms with Crippen LogP contribution in [0.15, 0.2) is 65.4 Å². The van der Waals surface area contributed by atoms with Crippen LogP contribution in [0.5, 0.6) is 0 Å². The highest BCUT2D eigenvalue weighted by molar-refractivity contribution is 6.07. The maximum absolute atomic E-state index is 11.8. The highest BCUT2D eigenvalue weighted by Crippen LogP contribution is 2.32. The number of carboxylic acids is 1. The lowest BCUT2D eigenvalue weighted by Crippen LogP contribution is -2.00. The quantitative estimate of drug-likeness (QED) is 0.620. The molecule has 0 atom stereocenters. The van der Waals surface area contributed by atoms with Crippen LogP contribution in [0.4, 0.5) is 0 Å². The topological polar surface area (TPSA) is 89.1 Å². The van der Waals surface area contributed by atoms with Crippen molar-refractivity contribution < 1.29 is 14.4 Å². The molecule has 24 heavy (non-hydrogen) atoms. The van der Waals surface area contributed by atoms with Gasteiger partial charge in [0.05, 0.1) is 16.6 Å². The molecule has 0 unspecified atom stereocenters. The van der Waals surface area contributed by atoms with Crippen LogP contribution in [0.1, 0.15) is 10.4 Å². The number of hydrogen-bond donors (Lipinski definition) is 1. The zero-order valence-corrected chi connectivity index (χ0v) is 12.4. The van der Waals surface area contributed by atoms with Crippen LogP contribution in [-0.2, 0) is 0 Å². The van der Waals surface area contributed by atoms with E-state index in [1.165, 1.54) is 6.07 Å². The van der Waals surface area contributed by atoms with E-state index in [1.54, 1.807) is 24.5 Å². The van der Waals surface area contributed by atoms with Gasteiger partial charge in [0.2, 0.25) is 0 Å². The third-order valence-electron chi connectivity index (χ3n) is 3.68. The van der Waals surface area contributed by atoms with Gasteiger partial charge in [0, 0.05) is 23.5 Å². The number of carbonyl (C=O) groups is 1. The smallest absolute Gasteiger partial charge is 0.336 e. The number of aromatic carboxylic acids is 1. The number of nitrogens with zero attached hydrogens (tertiary/aromatic N) is 3. The lowest BCUT2D eigenvalue weighted by molar-refractivity contribution is 0.0699. The number of rotatable bonds is 3. The predicted molar refractivity (Wildman–Crippen MR) is 87.4 cm³/mol. The van der Waals surface area contributed by atoms with Crippen molar-refractivity contribution >= 4 is 17.1 Å². The van der Waals surface area contributed by atoms with Gasteiger partial charge in [-0.15, -0.1) is 0 Å². The summed E-state index contributed by atoms with van der Waals surface area (Å²) in [5.41, 5.74) is 2.71. The van der Waals surface area contributed by atoms with Gasteiger partial charge in [0.1, 0.15) is 5.69 Å². The largest absolute Gasteiger partial charge is 0.478 e. The number of hydrogen-bond acceptors (Lipinski definition) is 5. The lowest BCUT2D eigenvalue weighted by atomic mass is 10.0. The molecule has 4 rings (SSSR count). The Kier molecular flexibility index (Phi) is 3.28. The van der Waals surface area contributed by atoms with E-state index in [1.807, 2.05) is 30.3 Å². The molecule has 0 saturated carbocycles. The maximum atomic E-state index is 11.8. The Balaban J connectivity index is 2.00. The zero-order valence-electron chi connectivity index (χ0n) is 12.4. The first-order valence-corrected chi connectivity index (χ1v) is 7.23. The average molecular weight is 317 g/mol. The number of benzene rings is 1.